The molecule has 2 atom stereocenters. The zero-order valence-corrected chi connectivity index (χ0v) is 13.6. The fourth-order valence-corrected chi connectivity index (χ4v) is 3.34. The molecule has 19 heavy (non-hydrogen) atoms. The van der Waals surface area contributed by atoms with Crippen molar-refractivity contribution in [3.8, 4) is 0 Å². The molecule has 0 amide bonds. The summed E-state index contributed by atoms with van der Waals surface area (Å²) >= 11 is 1.92. The molecule has 0 aromatic heterocycles. The van der Waals surface area contributed by atoms with Crippen molar-refractivity contribution in [3.63, 3.8) is 0 Å². The highest BCUT2D eigenvalue weighted by atomic mass is 32.2. The van der Waals surface area contributed by atoms with Gasteiger partial charge in [0.2, 0.25) is 0 Å². The van der Waals surface area contributed by atoms with Gasteiger partial charge in [-0.05, 0) is 32.4 Å². The maximum absolute atomic E-state index is 11.1. The van der Waals surface area contributed by atoms with Crippen molar-refractivity contribution in [2.24, 2.45) is 4.99 Å². The summed E-state index contributed by atoms with van der Waals surface area (Å²) in [6.45, 7) is 3.10. The van der Waals surface area contributed by atoms with E-state index >= 15 is 0 Å². The molecular formula is C12H25N3O2S2. The largest absolute Gasteiger partial charge is 0.357 e. The first-order chi connectivity index (χ1) is 8.94. The van der Waals surface area contributed by atoms with Crippen LogP contribution in [-0.2, 0) is 9.84 Å². The highest BCUT2D eigenvalue weighted by molar-refractivity contribution is 7.99. The lowest BCUT2D eigenvalue weighted by Crippen LogP contribution is -2.42. The summed E-state index contributed by atoms with van der Waals surface area (Å²) in [6.07, 6.45) is 6.93. The van der Waals surface area contributed by atoms with Crippen LogP contribution in [0.5, 0.6) is 0 Å². The van der Waals surface area contributed by atoms with Gasteiger partial charge >= 0.3 is 0 Å². The number of hydrogen-bond donors (Lipinski definition) is 2. The van der Waals surface area contributed by atoms with E-state index in [1.807, 2.05) is 18.7 Å². The van der Waals surface area contributed by atoms with Gasteiger partial charge in [-0.3, -0.25) is 4.99 Å². The maximum atomic E-state index is 11.1. The molecule has 0 aromatic rings. The van der Waals surface area contributed by atoms with Crippen LogP contribution >= 0.6 is 11.8 Å². The molecule has 2 unspecified atom stereocenters. The lowest BCUT2D eigenvalue weighted by atomic mass is 10.2. The van der Waals surface area contributed by atoms with Gasteiger partial charge in [-0.1, -0.05) is 0 Å². The predicted octanol–water partition coefficient (Wildman–Crippen LogP) is 0.870. The molecule has 5 nitrogen and oxygen atoms in total. The first-order valence-electron chi connectivity index (χ1n) is 6.70. The lowest BCUT2D eigenvalue weighted by molar-refractivity contribution is 0.600. The molecule has 0 aliphatic heterocycles. The van der Waals surface area contributed by atoms with E-state index in [2.05, 4.69) is 21.9 Å². The molecule has 0 bridgehead atoms. The molecule has 2 N–H and O–H groups in total. The fourth-order valence-electron chi connectivity index (χ4n) is 2.12. The molecule has 0 radical (unpaired) electrons. The maximum Gasteiger partial charge on any atom is 0.191 e. The smallest absolute Gasteiger partial charge is 0.191 e. The minimum Gasteiger partial charge on any atom is -0.357 e. The van der Waals surface area contributed by atoms with Crippen molar-refractivity contribution in [1.82, 2.24) is 10.6 Å². The van der Waals surface area contributed by atoms with Crippen LogP contribution in [0.25, 0.3) is 0 Å². The Balaban J connectivity index is 2.46. The molecule has 112 valence electrons. The summed E-state index contributed by atoms with van der Waals surface area (Å²) in [5.41, 5.74) is 0. The number of rotatable bonds is 6. The topological polar surface area (TPSA) is 70.6 Å². The Hall–Kier alpha value is -0.430. The van der Waals surface area contributed by atoms with Crippen molar-refractivity contribution < 1.29 is 8.42 Å². The summed E-state index contributed by atoms with van der Waals surface area (Å²) in [5, 5.41) is 7.30. The van der Waals surface area contributed by atoms with Crippen molar-refractivity contribution in [1.29, 1.82) is 0 Å². The summed E-state index contributed by atoms with van der Waals surface area (Å²) in [4.78, 5) is 4.32. The van der Waals surface area contributed by atoms with Gasteiger partial charge in [0.15, 0.2) is 5.96 Å². The quantitative estimate of drug-likeness (QED) is 0.563. The summed E-state index contributed by atoms with van der Waals surface area (Å²) in [6, 6.07) is 0.452. The summed E-state index contributed by atoms with van der Waals surface area (Å²) in [5.74, 6) is 0.833. The number of sulfone groups is 1. The van der Waals surface area contributed by atoms with Gasteiger partial charge in [-0.2, -0.15) is 11.8 Å². The van der Waals surface area contributed by atoms with E-state index in [0.29, 0.717) is 12.6 Å². The normalized spacial score (nSPS) is 24.5. The molecule has 0 heterocycles. The first-order valence-corrected chi connectivity index (χ1v) is 10.0. The van der Waals surface area contributed by atoms with Crippen molar-refractivity contribution in [2.75, 3.05) is 31.4 Å². The van der Waals surface area contributed by atoms with Crippen molar-refractivity contribution >= 4 is 27.6 Å². The zero-order chi connectivity index (χ0) is 14.3. The molecule has 0 saturated heterocycles. The second-order valence-electron chi connectivity index (χ2n) is 4.90. The third-order valence-corrected chi connectivity index (χ3v) is 5.15. The van der Waals surface area contributed by atoms with Crippen LogP contribution in [0.1, 0.15) is 26.2 Å². The van der Waals surface area contributed by atoms with Gasteiger partial charge in [0.05, 0.1) is 12.3 Å². The van der Waals surface area contributed by atoms with E-state index in [1.165, 1.54) is 12.7 Å². The van der Waals surface area contributed by atoms with Crippen molar-refractivity contribution in [2.45, 2.75) is 37.5 Å². The molecule has 1 aliphatic carbocycles. The van der Waals surface area contributed by atoms with Crippen LogP contribution in [0.4, 0.5) is 0 Å². The Labute approximate surface area is 120 Å². The van der Waals surface area contributed by atoms with Crippen LogP contribution in [0.15, 0.2) is 4.99 Å². The van der Waals surface area contributed by atoms with E-state index in [-0.39, 0.29) is 5.75 Å². The third kappa shape index (κ3) is 7.06. The minimum absolute atomic E-state index is 0.0989. The third-order valence-electron chi connectivity index (χ3n) is 3.13. The predicted molar refractivity (Wildman–Crippen MR) is 83.8 cm³/mol. The Morgan fingerprint density at radius 1 is 1.42 bits per heavy atom. The number of guanidine groups is 1. The Kier molecular flexibility index (Phi) is 6.99. The lowest BCUT2D eigenvalue weighted by Gasteiger charge is -2.17. The molecule has 0 aromatic carbocycles. The fraction of sp³-hybridized carbons (Fsp3) is 0.917. The molecule has 1 fully saturated rings. The van der Waals surface area contributed by atoms with E-state index < -0.39 is 9.84 Å². The average molecular weight is 307 g/mol. The van der Waals surface area contributed by atoms with Gasteiger partial charge < -0.3 is 10.6 Å². The van der Waals surface area contributed by atoms with Gasteiger partial charge in [0.25, 0.3) is 0 Å². The SMILES string of the molecule is CCNC(=NCCS(C)(=O)=O)NC1CCC(SC)C1. The van der Waals surface area contributed by atoms with E-state index in [0.717, 1.165) is 30.6 Å². The number of nitrogens with zero attached hydrogens (tertiary/aromatic N) is 1. The monoisotopic (exact) mass is 307 g/mol. The molecule has 1 saturated carbocycles. The Morgan fingerprint density at radius 2 is 2.16 bits per heavy atom. The van der Waals surface area contributed by atoms with Crippen LogP contribution in [-0.4, -0.2) is 57.0 Å². The molecule has 7 heteroatoms. The second-order valence-corrected chi connectivity index (χ2v) is 8.30. The van der Waals surface area contributed by atoms with E-state index in [1.54, 1.807) is 0 Å². The highest BCUT2D eigenvalue weighted by Crippen LogP contribution is 2.27. The van der Waals surface area contributed by atoms with Crippen LogP contribution in [0, 0.1) is 0 Å². The summed E-state index contributed by atoms with van der Waals surface area (Å²) in [7, 11) is -2.94. The van der Waals surface area contributed by atoms with Crippen molar-refractivity contribution in [3.05, 3.63) is 0 Å². The van der Waals surface area contributed by atoms with Crippen LogP contribution < -0.4 is 10.6 Å². The molecule has 1 rings (SSSR count). The Bertz CT molecular complexity index is 396. The first kappa shape index (κ1) is 16.6. The minimum atomic E-state index is -2.94. The highest BCUT2D eigenvalue weighted by Gasteiger charge is 2.24. The molecule has 0 spiro atoms. The van der Waals surface area contributed by atoms with Gasteiger partial charge in [-0.25, -0.2) is 8.42 Å². The zero-order valence-electron chi connectivity index (χ0n) is 12.0. The van der Waals surface area contributed by atoms with Crippen LogP contribution in [0.2, 0.25) is 0 Å². The Morgan fingerprint density at radius 3 is 2.68 bits per heavy atom. The van der Waals surface area contributed by atoms with E-state index in [4.69, 9.17) is 0 Å². The van der Waals surface area contributed by atoms with Gasteiger partial charge in [0, 0.05) is 24.1 Å². The second kappa shape index (κ2) is 7.99. The van der Waals surface area contributed by atoms with Gasteiger partial charge in [-0.15, -0.1) is 0 Å². The van der Waals surface area contributed by atoms with E-state index in [9.17, 15) is 8.42 Å². The molecular weight excluding hydrogens is 282 g/mol. The number of nitrogens with one attached hydrogen (secondary N) is 2. The summed E-state index contributed by atoms with van der Waals surface area (Å²) < 4.78 is 22.2. The number of thioether (sulfide) groups is 1. The standard InChI is InChI=1S/C12H25N3O2S2/c1-4-13-12(14-7-8-19(3,16)17)15-10-5-6-11(9-10)18-2/h10-11H,4-9H2,1-3H3,(H2,13,14,15). The molecule has 1 aliphatic rings. The van der Waals surface area contributed by atoms with Gasteiger partial charge in [0.1, 0.15) is 9.84 Å². The average Bonchev–Trinajstić information content (AvgIpc) is 2.75. The van der Waals surface area contributed by atoms with Crippen LogP contribution in [0.3, 0.4) is 0 Å². The number of hydrogen-bond acceptors (Lipinski definition) is 4. The number of aliphatic imine (C=N–C) groups is 1.